The predicted molar refractivity (Wildman–Crippen MR) is 125 cm³/mol. The van der Waals surface area contributed by atoms with Crippen molar-refractivity contribution in [2.45, 2.75) is 32.6 Å². The molecule has 1 aromatic heterocycles. The Balaban J connectivity index is 1.50. The molecule has 3 rings (SSSR count). The number of carbonyl (C=O) groups is 2. The molecule has 8 heteroatoms. The third-order valence-corrected chi connectivity index (χ3v) is 5.76. The molecule has 0 radical (unpaired) electrons. The molecule has 1 saturated heterocycles. The summed E-state index contributed by atoms with van der Waals surface area (Å²) in [4.78, 5) is 33.3. The number of carbonyl (C=O) groups excluding carboxylic acids is 2. The van der Waals surface area contributed by atoms with Gasteiger partial charge in [-0.25, -0.2) is 4.98 Å². The van der Waals surface area contributed by atoms with Crippen LogP contribution in [0.1, 0.15) is 53.3 Å². The lowest BCUT2D eigenvalue weighted by molar-refractivity contribution is 0.0746. The maximum atomic E-state index is 12.7. The van der Waals surface area contributed by atoms with E-state index in [1.165, 1.54) is 12.8 Å². The van der Waals surface area contributed by atoms with Crippen LogP contribution < -0.4 is 10.2 Å². The highest BCUT2D eigenvalue weighted by molar-refractivity contribution is 6.35. The SMILES string of the molecule is CCCCCCNC(=O)c1ccc(N2CCN(C(=O)c3cc(Cl)cc(Cl)c3)CC2)nc1. The van der Waals surface area contributed by atoms with Crippen LogP contribution >= 0.6 is 23.2 Å². The first-order chi connectivity index (χ1) is 15.0. The van der Waals surface area contributed by atoms with Crippen LogP contribution in [0.3, 0.4) is 0 Å². The highest BCUT2D eigenvalue weighted by Crippen LogP contribution is 2.21. The average molecular weight is 463 g/mol. The van der Waals surface area contributed by atoms with E-state index in [0.717, 1.165) is 18.7 Å². The van der Waals surface area contributed by atoms with Gasteiger partial charge in [-0.2, -0.15) is 0 Å². The van der Waals surface area contributed by atoms with Gasteiger partial charge in [0.05, 0.1) is 5.56 Å². The van der Waals surface area contributed by atoms with Gasteiger partial charge >= 0.3 is 0 Å². The molecule has 1 aliphatic rings. The molecule has 166 valence electrons. The Hall–Kier alpha value is -2.31. The van der Waals surface area contributed by atoms with Crippen LogP contribution in [0, 0.1) is 0 Å². The van der Waals surface area contributed by atoms with Crippen LogP contribution in [-0.2, 0) is 0 Å². The molecule has 0 bridgehead atoms. The topological polar surface area (TPSA) is 65.5 Å². The van der Waals surface area contributed by atoms with Crippen LogP contribution in [0.5, 0.6) is 0 Å². The Morgan fingerprint density at radius 1 is 0.968 bits per heavy atom. The molecule has 0 aliphatic carbocycles. The van der Waals surface area contributed by atoms with Gasteiger partial charge in [0.1, 0.15) is 5.82 Å². The van der Waals surface area contributed by atoms with E-state index in [2.05, 4.69) is 22.1 Å². The summed E-state index contributed by atoms with van der Waals surface area (Å²) in [6.07, 6.45) is 6.11. The fraction of sp³-hybridized carbons (Fsp3) is 0.435. The Kier molecular flexibility index (Phi) is 8.55. The summed E-state index contributed by atoms with van der Waals surface area (Å²) in [6, 6.07) is 8.55. The van der Waals surface area contributed by atoms with Crippen LogP contribution in [0.15, 0.2) is 36.5 Å². The quantitative estimate of drug-likeness (QED) is 0.579. The lowest BCUT2D eigenvalue weighted by atomic mass is 10.1. The van der Waals surface area contributed by atoms with Crippen molar-refractivity contribution in [2.24, 2.45) is 0 Å². The van der Waals surface area contributed by atoms with Crippen molar-refractivity contribution in [3.63, 3.8) is 0 Å². The van der Waals surface area contributed by atoms with Gasteiger partial charge in [-0.3, -0.25) is 9.59 Å². The van der Waals surface area contributed by atoms with Crippen molar-refractivity contribution in [1.82, 2.24) is 15.2 Å². The van der Waals surface area contributed by atoms with Gasteiger partial charge in [0.2, 0.25) is 0 Å². The molecule has 1 aromatic carbocycles. The third kappa shape index (κ3) is 6.58. The molecular formula is C23H28Cl2N4O2. The van der Waals surface area contributed by atoms with Gasteiger partial charge in [0, 0.05) is 54.5 Å². The van der Waals surface area contributed by atoms with Crippen LogP contribution in [0.2, 0.25) is 10.0 Å². The number of rotatable bonds is 8. The first-order valence-electron chi connectivity index (χ1n) is 10.7. The summed E-state index contributed by atoms with van der Waals surface area (Å²) in [7, 11) is 0. The van der Waals surface area contributed by atoms with Crippen molar-refractivity contribution in [2.75, 3.05) is 37.6 Å². The number of hydrogen-bond donors (Lipinski definition) is 1. The lowest BCUT2D eigenvalue weighted by Gasteiger charge is -2.35. The Morgan fingerprint density at radius 3 is 2.29 bits per heavy atom. The van der Waals surface area contributed by atoms with E-state index in [1.54, 1.807) is 35.4 Å². The second-order valence-electron chi connectivity index (χ2n) is 7.66. The van der Waals surface area contributed by atoms with E-state index in [0.29, 0.717) is 53.9 Å². The largest absolute Gasteiger partial charge is 0.353 e. The minimum atomic E-state index is -0.0915. The van der Waals surface area contributed by atoms with E-state index in [4.69, 9.17) is 23.2 Å². The Bertz CT molecular complexity index is 877. The number of anilines is 1. The molecule has 6 nitrogen and oxygen atoms in total. The van der Waals surface area contributed by atoms with Crippen molar-refractivity contribution >= 4 is 40.8 Å². The highest BCUT2D eigenvalue weighted by Gasteiger charge is 2.23. The smallest absolute Gasteiger partial charge is 0.254 e. The zero-order valence-corrected chi connectivity index (χ0v) is 19.3. The second-order valence-corrected chi connectivity index (χ2v) is 8.53. The van der Waals surface area contributed by atoms with Crippen molar-refractivity contribution < 1.29 is 9.59 Å². The average Bonchev–Trinajstić information content (AvgIpc) is 2.78. The van der Waals surface area contributed by atoms with E-state index >= 15 is 0 Å². The van der Waals surface area contributed by atoms with Gasteiger partial charge < -0.3 is 15.1 Å². The maximum Gasteiger partial charge on any atom is 0.254 e. The molecule has 2 aromatic rings. The minimum Gasteiger partial charge on any atom is -0.353 e. The van der Waals surface area contributed by atoms with Crippen LogP contribution in [0.4, 0.5) is 5.82 Å². The molecule has 31 heavy (non-hydrogen) atoms. The number of amides is 2. The standard InChI is InChI=1S/C23H28Cl2N4O2/c1-2-3-4-5-8-26-22(30)17-6-7-21(27-16-17)28-9-11-29(12-10-28)23(31)18-13-19(24)15-20(25)14-18/h6-7,13-16H,2-5,8-12H2,1H3,(H,26,30). The summed E-state index contributed by atoms with van der Waals surface area (Å²) in [5.74, 6) is 0.631. The monoisotopic (exact) mass is 462 g/mol. The van der Waals surface area contributed by atoms with Gasteiger partial charge in [0.25, 0.3) is 11.8 Å². The van der Waals surface area contributed by atoms with Gasteiger partial charge in [-0.15, -0.1) is 0 Å². The normalized spacial score (nSPS) is 13.9. The number of halogens is 2. The van der Waals surface area contributed by atoms with Crippen LogP contribution in [0.25, 0.3) is 0 Å². The molecule has 2 heterocycles. The van der Waals surface area contributed by atoms with Gasteiger partial charge in [-0.05, 0) is 36.8 Å². The molecule has 1 N–H and O–H groups in total. The molecule has 1 aliphatic heterocycles. The maximum absolute atomic E-state index is 12.7. The fourth-order valence-electron chi connectivity index (χ4n) is 3.56. The Morgan fingerprint density at radius 2 is 1.68 bits per heavy atom. The van der Waals surface area contributed by atoms with Crippen molar-refractivity contribution in [3.8, 4) is 0 Å². The number of hydrogen-bond acceptors (Lipinski definition) is 4. The molecule has 1 fully saturated rings. The van der Waals surface area contributed by atoms with Crippen LogP contribution in [-0.4, -0.2) is 54.4 Å². The lowest BCUT2D eigenvalue weighted by Crippen LogP contribution is -2.49. The number of benzene rings is 1. The summed E-state index contributed by atoms with van der Waals surface area (Å²) in [5.41, 5.74) is 1.06. The zero-order chi connectivity index (χ0) is 22.2. The summed E-state index contributed by atoms with van der Waals surface area (Å²) >= 11 is 12.0. The zero-order valence-electron chi connectivity index (χ0n) is 17.7. The summed E-state index contributed by atoms with van der Waals surface area (Å²) in [6.45, 7) is 5.33. The molecule has 0 spiro atoms. The number of aromatic nitrogens is 1. The first-order valence-corrected chi connectivity index (χ1v) is 11.5. The Labute approximate surface area is 193 Å². The van der Waals surface area contributed by atoms with E-state index < -0.39 is 0 Å². The van der Waals surface area contributed by atoms with Gasteiger partial charge in [-0.1, -0.05) is 49.4 Å². The predicted octanol–water partition coefficient (Wildman–Crippen LogP) is 4.66. The highest BCUT2D eigenvalue weighted by atomic mass is 35.5. The van der Waals surface area contributed by atoms with Crippen molar-refractivity contribution in [3.05, 3.63) is 57.7 Å². The number of piperazine rings is 1. The third-order valence-electron chi connectivity index (χ3n) is 5.33. The fourth-order valence-corrected chi connectivity index (χ4v) is 4.09. The molecule has 0 saturated carbocycles. The molecular weight excluding hydrogens is 435 g/mol. The second kappa shape index (κ2) is 11.3. The molecule has 2 amide bonds. The summed E-state index contributed by atoms with van der Waals surface area (Å²) < 4.78 is 0. The first kappa shape index (κ1) is 23.4. The van der Waals surface area contributed by atoms with E-state index in [9.17, 15) is 9.59 Å². The number of nitrogens with one attached hydrogen (secondary N) is 1. The van der Waals surface area contributed by atoms with E-state index in [-0.39, 0.29) is 11.8 Å². The van der Waals surface area contributed by atoms with E-state index in [1.807, 2.05) is 6.07 Å². The molecule has 0 atom stereocenters. The summed E-state index contributed by atoms with van der Waals surface area (Å²) in [5, 5.41) is 3.84. The molecule has 0 unspecified atom stereocenters. The number of unbranched alkanes of at least 4 members (excludes halogenated alkanes) is 3. The van der Waals surface area contributed by atoms with Crippen molar-refractivity contribution in [1.29, 1.82) is 0 Å². The number of pyridine rings is 1. The van der Waals surface area contributed by atoms with Gasteiger partial charge in [0.15, 0.2) is 0 Å². The minimum absolute atomic E-state index is 0.0806. The number of nitrogens with zero attached hydrogens (tertiary/aromatic N) is 3.